The number of amides is 2. The largest absolute Gasteiger partial charge is 0.378 e. The molecule has 1 aliphatic heterocycles. The van der Waals surface area contributed by atoms with Gasteiger partial charge in [0.15, 0.2) is 0 Å². The van der Waals surface area contributed by atoms with E-state index in [1.165, 1.54) is 12.2 Å². The standard InChI is InChI=1S/C24H42ClNO11/c25-3-5-29-7-9-31-11-13-33-15-17-35-19-21-37-22-20-36-18-16-34-14-12-32-10-8-30-6-4-26-23(27)1-2-24(26)28/h1-2H,3-22H2. The van der Waals surface area contributed by atoms with Gasteiger partial charge in [-0.1, -0.05) is 0 Å². The summed E-state index contributed by atoms with van der Waals surface area (Å²) in [5.41, 5.74) is 0. The van der Waals surface area contributed by atoms with Gasteiger partial charge in [-0.3, -0.25) is 14.5 Å². The molecule has 0 N–H and O–H groups in total. The molecule has 0 saturated heterocycles. The number of nitrogens with zero attached hydrogens (tertiary/aromatic N) is 1. The summed E-state index contributed by atoms with van der Waals surface area (Å²) < 4.78 is 48.4. The molecule has 1 heterocycles. The molecular weight excluding hydrogens is 514 g/mol. The van der Waals surface area contributed by atoms with Crippen LogP contribution in [0.5, 0.6) is 0 Å². The van der Waals surface area contributed by atoms with Crippen LogP contribution in [0, 0.1) is 0 Å². The Bertz CT molecular complexity index is 565. The fraction of sp³-hybridized carbons (Fsp3) is 0.833. The summed E-state index contributed by atoms with van der Waals surface area (Å²) in [4.78, 5) is 23.9. The zero-order valence-electron chi connectivity index (χ0n) is 21.6. The highest BCUT2D eigenvalue weighted by atomic mass is 35.5. The lowest BCUT2D eigenvalue weighted by Gasteiger charge is -2.13. The van der Waals surface area contributed by atoms with Crippen molar-refractivity contribution in [3.8, 4) is 0 Å². The monoisotopic (exact) mass is 555 g/mol. The molecule has 0 atom stereocenters. The topological polar surface area (TPSA) is 120 Å². The predicted molar refractivity (Wildman–Crippen MR) is 134 cm³/mol. The minimum absolute atomic E-state index is 0.243. The van der Waals surface area contributed by atoms with E-state index in [1.54, 1.807) is 0 Å². The normalized spacial score (nSPS) is 13.4. The third-order valence-electron chi connectivity index (χ3n) is 4.56. The summed E-state index contributed by atoms with van der Waals surface area (Å²) in [6.45, 7) is 8.84. The van der Waals surface area contributed by atoms with Crippen molar-refractivity contribution in [1.82, 2.24) is 4.90 Å². The first-order valence-corrected chi connectivity index (χ1v) is 13.1. The number of carbonyl (C=O) groups is 2. The van der Waals surface area contributed by atoms with Crippen molar-refractivity contribution < 1.29 is 52.2 Å². The first-order valence-electron chi connectivity index (χ1n) is 12.5. The Hall–Kier alpha value is -1.19. The smallest absolute Gasteiger partial charge is 0.253 e. The number of rotatable bonds is 29. The van der Waals surface area contributed by atoms with Crippen molar-refractivity contribution in [2.24, 2.45) is 0 Å². The summed E-state index contributed by atoms with van der Waals surface area (Å²) in [6, 6.07) is 0. The van der Waals surface area contributed by atoms with Gasteiger partial charge in [-0.05, 0) is 0 Å². The van der Waals surface area contributed by atoms with Crippen LogP contribution in [0.1, 0.15) is 0 Å². The van der Waals surface area contributed by atoms with Crippen LogP contribution in [-0.2, 0) is 52.2 Å². The fourth-order valence-electron chi connectivity index (χ4n) is 2.72. The summed E-state index contributed by atoms with van der Waals surface area (Å²) >= 11 is 5.49. The van der Waals surface area contributed by atoms with Gasteiger partial charge in [0.25, 0.3) is 11.8 Å². The quantitative estimate of drug-likeness (QED) is 0.0719. The molecule has 1 rings (SSSR count). The Labute approximate surface area is 224 Å². The Morgan fingerprint density at radius 2 is 0.676 bits per heavy atom. The van der Waals surface area contributed by atoms with E-state index in [1.807, 2.05) is 0 Å². The van der Waals surface area contributed by atoms with E-state index in [9.17, 15) is 9.59 Å². The molecule has 0 radical (unpaired) electrons. The molecule has 0 bridgehead atoms. The van der Waals surface area contributed by atoms with Gasteiger partial charge >= 0.3 is 0 Å². The summed E-state index contributed by atoms with van der Waals surface area (Å²) in [7, 11) is 0. The van der Waals surface area contributed by atoms with Crippen LogP contribution in [0.2, 0.25) is 0 Å². The number of hydrogen-bond acceptors (Lipinski definition) is 11. The van der Waals surface area contributed by atoms with Crippen LogP contribution >= 0.6 is 11.6 Å². The van der Waals surface area contributed by atoms with Crippen LogP contribution in [0.25, 0.3) is 0 Å². The molecular formula is C24H42ClNO11. The fourth-order valence-corrected chi connectivity index (χ4v) is 2.83. The molecule has 0 fully saturated rings. The molecule has 13 heteroatoms. The molecule has 0 saturated carbocycles. The van der Waals surface area contributed by atoms with Crippen molar-refractivity contribution in [1.29, 1.82) is 0 Å². The molecule has 0 aromatic carbocycles. The molecule has 0 aromatic heterocycles. The lowest BCUT2D eigenvalue weighted by atomic mass is 10.5. The van der Waals surface area contributed by atoms with Crippen LogP contribution in [0.4, 0.5) is 0 Å². The second-order valence-corrected chi connectivity index (χ2v) is 7.74. The molecule has 37 heavy (non-hydrogen) atoms. The minimum atomic E-state index is -0.305. The predicted octanol–water partition coefficient (Wildman–Crippen LogP) is 0.300. The highest BCUT2D eigenvalue weighted by molar-refractivity contribution is 6.18. The zero-order valence-corrected chi connectivity index (χ0v) is 22.4. The van der Waals surface area contributed by atoms with Crippen molar-refractivity contribution in [3.63, 3.8) is 0 Å². The number of ether oxygens (including phenoxy) is 9. The molecule has 1 aliphatic rings. The van der Waals surface area contributed by atoms with Gasteiger partial charge in [0, 0.05) is 18.0 Å². The van der Waals surface area contributed by atoms with Gasteiger partial charge in [-0.25, -0.2) is 0 Å². The number of alkyl halides is 1. The van der Waals surface area contributed by atoms with Crippen molar-refractivity contribution in [2.75, 3.05) is 131 Å². The maximum atomic E-state index is 11.4. The van der Waals surface area contributed by atoms with Gasteiger partial charge in [-0.15, -0.1) is 11.6 Å². The summed E-state index contributed by atoms with van der Waals surface area (Å²) in [5, 5.41) is 0. The van der Waals surface area contributed by atoms with Crippen molar-refractivity contribution >= 4 is 23.4 Å². The number of hydrogen-bond donors (Lipinski definition) is 0. The molecule has 0 unspecified atom stereocenters. The maximum Gasteiger partial charge on any atom is 0.253 e. The van der Waals surface area contributed by atoms with E-state index in [0.29, 0.717) is 118 Å². The van der Waals surface area contributed by atoms with E-state index < -0.39 is 0 Å². The molecule has 0 aliphatic carbocycles. The highest BCUT2D eigenvalue weighted by Gasteiger charge is 2.22. The van der Waals surface area contributed by atoms with Gasteiger partial charge in [-0.2, -0.15) is 0 Å². The number of halogens is 1. The van der Waals surface area contributed by atoms with Crippen LogP contribution < -0.4 is 0 Å². The Kier molecular flexibility index (Phi) is 24.2. The average molecular weight is 556 g/mol. The first kappa shape index (κ1) is 33.8. The summed E-state index contributed by atoms with van der Waals surface area (Å²) in [5.74, 6) is -0.117. The first-order chi connectivity index (χ1) is 18.3. The molecule has 2 amide bonds. The second-order valence-electron chi connectivity index (χ2n) is 7.36. The number of carbonyl (C=O) groups excluding carboxylic acids is 2. The maximum absolute atomic E-state index is 11.4. The molecule has 12 nitrogen and oxygen atoms in total. The van der Waals surface area contributed by atoms with E-state index in [4.69, 9.17) is 54.2 Å². The average Bonchev–Trinajstić information content (AvgIpc) is 3.22. The van der Waals surface area contributed by atoms with Crippen molar-refractivity contribution in [2.45, 2.75) is 0 Å². The third-order valence-corrected chi connectivity index (χ3v) is 4.71. The molecule has 216 valence electrons. The summed E-state index contributed by atoms with van der Waals surface area (Å²) in [6.07, 6.45) is 2.51. The van der Waals surface area contributed by atoms with Gasteiger partial charge in [0.05, 0.1) is 125 Å². The Morgan fingerprint density at radius 3 is 0.946 bits per heavy atom. The molecule has 0 aromatic rings. The van der Waals surface area contributed by atoms with Crippen LogP contribution in [0.15, 0.2) is 12.2 Å². The van der Waals surface area contributed by atoms with E-state index in [0.717, 1.165) is 4.90 Å². The molecule has 0 spiro atoms. The van der Waals surface area contributed by atoms with Crippen molar-refractivity contribution in [3.05, 3.63) is 12.2 Å². The lowest BCUT2D eigenvalue weighted by molar-refractivity contribution is -0.137. The van der Waals surface area contributed by atoms with E-state index in [-0.39, 0.29) is 25.0 Å². The minimum Gasteiger partial charge on any atom is -0.378 e. The van der Waals surface area contributed by atoms with Gasteiger partial charge in [0.2, 0.25) is 0 Å². The van der Waals surface area contributed by atoms with Crippen LogP contribution in [0.3, 0.4) is 0 Å². The second kappa shape index (κ2) is 26.4. The van der Waals surface area contributed by atoms with Gasteiger partial charge < -0.3 is 42.6 Å². The number of imide groups is 1. The van der Waals surface area contributed by atoms with Gasteiger partial charge in [0.1, 0.15) is 0 Å². The highest BCUT2D eigenvalue weighted by Crippen LogP contribution is 2.02. The third kappa shape index (κ3) is 21.4. The van der Waals surface area contributed by atoms with E-state index >= 15 is 0 Å². The SMILES string of the molecule is O=C1C=CC(=O)N1CCOCCOCCOCCOCCOCCOCCOCCOCCOCCCl. The lowest BCUT2D eigenvalue weighted by Crippen LogP contribution is -2.33. The Balaban J connectivity index is 1.64. The zero-order chi connectivity index (χ0) is 26.7. The van der Waals surface area contributed by atoms with Crippen LogP contribution in [-0.4, -0.2) is 148 Å². The van der Waals surface area contributed by atoms with E-state index in [2.05, 4.69) is 0 Å². The Morgan fingerprint density at radius 1 is 0.432 bits per heavy atom.